The van der Waals surface area contributed by atoms with Crippen molar-refractivity contribution < 1.29 is 14.7 Å². The molecule has 1 aromatic carbocycles. The molecular weight excluding hydrogens is 466 g/mol. The van der Waals surface area contributed by atoms with Crippen LogP contribution in [0.3, 0.4) is 0 Å². The van der Waals surface area contributed by atoms with Gasteiger partial charge in [0.05, 0.1) is 23.6 Å². The van der Waals surface area contributed by atoms with Crippen molar-refractivity contribution in [3.05, 3.63) is 88.9 Å². The van der Waals surface area contributed by atoms with Gasteiger partial charge in [-0.15, -0.1) is 0 Å². The van der Waals surface area contributed by atoms with Gasteiger partial charge < -0.3 is 15.3 Å². The molecule has 180 valence electrons. The van der Waals surface area contributed by atoms with E-state index in [9.17, 15) is 14.7 Å². The van der Waals surface area contributed by atoms with Crippen molar-refractivity contribution in [2.45, 2.75) is 37.9 Å². The molecule has 2 N–H and O–H groups in total. The average Bonchev–Trinajstić information content (AvgIpc) is 3.45. The minimum absolute atomic E-state index is 0.0132. The molecule has 9 heteroatoms. The summed E-state index contributed by atoms with van der Waals surface area (Å²) in [6.07, 6.45) is 10.2. The van der Waals surface area contributed by atoms with Gasteiger partial charge in [0.15, 0.2) is 0 Å². The second kappa shape index (κ2) is 9.92. The van der Waals surface area contributed by atoms with E-state index in [0.29, 0.717) is 31.0 Å². The monoisotopic (exact) mass is 491 g/mol. The molecule has 3 amide bonds. The first-order valence-electron chi connectivity index (χ1n) is 11.6. The number of rotatable bonds is 5. The van der Waals surface area contributed by atoms with Crippen molar-refractivity contribution in [1.29, 1.82) is 0 Å². The van der Waals surface area contributed by atoms with E-state index in [-0.39, 0.29) is 42.1 Å². The minimum Gasteiger partial charge on any atom is -0.512 e. The molecule has 0 spiro atoms. The molecule has 3 unspecified atom stereocenters. The highest BCUT2D eigenvalue weighted by Gasteiger charge is 2.40. The largest absolute Gasteiger partial charge is 0.512 e. The Morgan fingerprint density at radius 1 is 1.20 bits per heavy atom. The number of carbonyl (C=O) groups is 2. The summed E-state index contributed by atoms with van der Waals surface area (Å²) < 4.78 is 0. The fraction of sp³-hybridized carbons (Fsp3) is 0.308. The van der Waals surface area contributed by atoms with E-state index in [1.54, 1.807) is 35.5 Å². The van der Waals surface area contributed by atoms with Gasteiger partial charge in [-0.3, -0.25) is 9.78 Å². The number of hydrogen-bond donors (Lipinski definition) is 2. The van der Waals surface area contributed by atoms with E-state index in [0.717, 1.165) is 16.8 Å². The van der Waals surface area contributed by atoms with E-state index in [4.69, 9.17) is 11.6 Å². The third-order valence-electron chi connectivity index (χ3n) is 6.61. The average molecular weight is 492 g/mol. The first kappa shape index (κ1) is 23.1. The Bertz CT molecular complexity index is 1200. The number of nitrogens with one attached hydrogen (secondary N) is 1. The lowest BCUT2D eigenvalue weighted by Gasteiger charge is -2.30. The second-order valence-electron chi connectivity index (χ2n) is 9.02. The molecule has 1 saturated heterocycles. The van der Waals surface area contributed by atoms with Gasteiger partial charge in [0.1, 0.15) is 0 Å². The zero-order valence-corrected chi connectivity index (χ0v) is 19.8. The Morgan fingerprint density at radius 3 is 2.77 bits per heavy atom. The van der Waals surface area contributed by atoms with Crippen LogP contribution >= 0.6 is 11.6 Å². The van der Waals surface area contributed by atoms with E-state index in [2.05, 4.69) is 15.4 Å². The lowest BCUT2D eigenvalue weighted by molar-refractivity contribution is -0.128. The number of amides is 3. The normalized spacial score (nSPS) is 23.9. The van der Waals surface area contributed by atoms with Crippen LogP contribution in [0.25, 0.3) is 0 Å². The predicted molar refractivity (Wildman–Crippen MR) is 133 cm³/mol. The standard InChI is InChI=1S/C26H26ClN5O3/c27-19-9-7-17(8-10-19)15-31-16-20(12-25(31)34)29-26(35)32-23(21-5-1-2-6-24(21)33)13-22(30-32)18-4-3-11-28-14-18/h1-4,6-11,14,20-21,23,33H,5,12-13,15-16H2,(H,29,35). The lowest BCUT2D eigenvalue weighted by atomic mass is 9.87. The Labute approximate surface area is 208 Å². The lowest BCUT2D eigenvalue weighted by Crippen LogP contribution is -2.48. The number of hydrazone groups is 1. The molecule has 3 heterocycles. The first-order chi connectivity index (χ1) is 17.0. The summed E-state index contributed by atoms with van der Waals surface area (Å²) >= 11 is 5.96. The molecule has 2 aliphatic heterocycles. The summed E-state index contributed by atoms with van der Waals surface area (Å²) in [7, 11) is 0. The van der Waals surface area contributed by atoms with Crippen LogP contribution in [0, 0.1) is 5.92 Å². The van der Waals surface area contributed by atoms with Gasteiger partial charge >= 0.3 is 6.03 Å². The Hall–Kier alpha value is -3.65. The summed E-state index contributed by atoms with van der Waals surface area (Å²) in [5.41, 5.74) is 2.56. The summed E-state index contributed by atoms with van der Waals surface area (Å²) in [5.74, 6) is -0.0285. The molecule has 0 saturated carbocycles. The maximum Gasteiger partial charge on any atom is 0.338 e. The summed E-state index contributed by atoms with van der Waals surface area (Å²) in [6.45, 7) is 0.882. The quantitative estimate of drug-likeness (QED) is 0.659. The topological polar surface area (TPSA) is 98.1 Å². The maximum atomic E-state index is 13.4. The molecule has 3 aliphatic rings. The SMILES string of the molecule is O=C1CC(NC(=O)N2N=C(c3cccnc3)CC2C2CC=CC=C2O)CN1Cc1ccc(Cl)cc1. The molecule has 1 aromatic heterocycles. The number of urea groups is 1. The molecule has 1 fully saturated rings. The number of hydrogen-bond acceptors (Lipinski definition) is 5. The maximum absolute atomic E-state index is 13.4. The number of aromatic nitrogens is 1. The third kappa shape index (κ3) is 5.07. The van der Waals surface area contributed by atoms with Crippen LogP contribution in [0.2, 0.25) is 5.02 Å². The molecule has 5 rings (SSSR count). The molecule has 8 nitrogen and oxygen atoms in total. The van der Waals surface area contributed by atoms with Crippen molar-refractivity contribution in [3.8, 4) is 0 Å². The van der Waals surface area contributed by atoms with Gasteiger partial charge in [0, 0.05) is 54.8 Å². The van der Waals surface area contributed by atoms with Crippen molar-refractivity contribution in [2.75, 3.05) is 6.54 Å². The van der Waals surface area contributed by atoms with Crippen LogP contribution in [0.15, 0.2) is 77.9 Å². The highest BCUT2D eigenvalue weighted by molar-refractivity contribution is 6.30. The van der Waals surface area contributed by atoms with E-state index in [1.165, 1.54) is 5.01 Å². The number of likely N-dealkylation sites (tertiary alicyclic amines) is 1. The molecule has 1 aliphatic carbocycles. The Balaban J connectivity index is 1.30. The van der Waals surface area contributed by atoms with E-state index in [1.807, 2.05) is 36.4 Å². The molecular formula is C26H26ClN5O3. The van der Waals surface area contributed by atoms with Crippen LogP contribution in [-0.2, 0) is 11.3 Å². The fourth-order valence-corrected chi connectivity index (χ4v) is 4.94. The van der Waals surface area contributed by atoms with Gasteiger partial charge in [-0.1, -0.05) is 42.0 Å². The molecule has 2 aromatic rings. The number of aliphatic hydroxyl groups is 1. The minimum atomic E-state index is -0.373. The number of pyridine rings is 1. The van der Waals surface area contributed by atoms with Crippen LogP contribution < -0.4 is 5.32 Å². The van der Waals surface area contributed by atoms with Crippen LogP contribution in [-0.4, -0.2) is 56.3 Å². The molecule has 0 radical (unpaired) electrons. The smallest absolute Gasteiger partial charge is 0.338 e. The molecule has 35 heavy (non-hydrogen) atoms. The van der Waals surface area contributed by atoms with Crippen molar-refractivity contribution in [2.24, 2.45) is 11.0 Å². The Morgan fingerprint density at radius 2 is 2.03 bits per heavy atom. The zero-order chi connectivity index (χ0) is 24.4. The number of allylic oxidation sites excluding steroid dienone is 3. The number of benzene rings is 1. The van der Waals surface area contributed by atoms with Gasteiger partial charge in [-0.2, -0.15) is 5.10 Å². The molecule has 3 atom stereocenters. The number of aliphatic hydroxyl groups excluding tert-OH is 1. The van der Waals surface area contributed by atoms with Gasteiger partial charge in [-0.25, -0.2) is 9.80 Å². The summed E-state index contributed by atoms with van der Waals surface area (Å²) in [6, 6.07) is 10.1. The number of halogens is 1. The fourth-order valence-electron chi connectivity index (χ4n) is 4.81. The van der Waals surface area contributed by atoms with Crippen LogP contribution in [0.1, 0.15) is 30.4 Å². The predicted octanol–water partition coefficient (Wildman–Crippen LogP) is 4.04. The summed E-state index contributed by atoms with van der Waals surface area (Å²) in [4.78, 5) is 31.9. The van der Waals surface area contributed by atoms with E-state index >= 15 is 0 Å². The highest BCUT2D eigenvalue weighted by Crippen LogP contribution is 2.33. The first-order valence-corrected chi connectivity index (χ1v) is 12.0. The number of nitrogens with zero attached hydrogens (tertiary/aromatic N) is 4. The van der Waals surface area contributed by atoms with Crippen molar-refractivity contribution in [3.63, 3.8) is 0 Å². The summed E-state index contributed by atoms with van der Waals surface area (Å²) in [5, 5.41) is 20.2. The van der Waals surface area contributed by atoms with Crippen molar-refractivity contribution >= 4 is 29.3 Å². The van der Waals surface area contributed by atoms with Crippen LogP contribution in [0.4, 0.5) is 4.79 Å². The van der Waals surface area contributed by atoms with Gasteiger partial charge in [0.25, 0.3) is 0 Å². The number of carbonyl (C=O) groups excluding carboxylic acids is 2. The van der Waals surface area contributed by atoms with Gasteiger partial charge in [0.2, 0.25) is 5.91 Å². The molecule has 0 bridgehead atoms. The third-order valence-corrected chi connectivity index (χ3v) is 6.87. The second-order valence-corrected chi connectivity index (χ2v) is 9.45. The highest BCUT2D eigenvalue weighted by atomic mass is 35.5. The van der Waals surface area contributed by atoms with Crippen molar-refractivity contribution in [1.82, 2.24) is 20.2 Å². The van der Waals surface area contributed by atoms with E-state index < -0.39 is 0 Å². The Kier molecular flexibility index (Phi) is 6.55. The van der Waals surface area contributed by atoms with Gasteiger partial charge in [-0.05, 0) is 36.3 Å². The van der Waals surface area contributed by atoms with Crippen LogP contribution in [0.5, 0.6) is 0 Å². The zero-order valence-electron chi connectivity index (χ0n) is 19.0.